The number of nitrogens with zero attached hydrogens (tertiary/aromatic N) is 1. The molecule has 1 aliphatic carbocycles. The average molecular weight is 389 g/mol. The predicted octanol–water partition coefficient (Wildman–Crippen LogP) is 2.52. The Morgan fingerprint density at radius 1 is 1.59 bits per heavy atom. The summed E-state index contributed by atoms with van der Waals surface area (Å²) in [6, 6.07) is 3.36. The van der Waals surface area contributed by atoms with Crippen LogP contribution in [0.1, 0.15) is 6.42 Å². The molecule has 0 unspecified atom stereocenters. The Balaban J connectivity index is 2.23. The quantitative estimate of drug-likeness (QED) is 0.461. The lowest BCUT2D eigenvalue weighted by molar-refractivity contribution is -0.159. The third kappa shape index (κ3) is 3.29. The molecule has 3 atom stereocenters. The average Bonchev–Trinajstić information content (AvgIpc) is 2.73. The lowest BCUT2D eigenvalue weighted by Gasteiger charge is -2.33. The Hall–Kier alpha value is -1.10. The topological polar surface area (TPSA) is 60.8 Å². The first kappa shape index (κ1) is 17.3. The summed E-state index contributed by atoms with van der Waals surface area (Å²) >= 11 is 9.37. The van der Waals surface area contributed by atoms with Crippen LogP contribution >= 0.6 is 27.5 Å². The molecular formula is C15H15BrClNO4. The van der Waals surface area contributed by atoms with Crippen molar-refractivity contribution >= 4 is 27.5 Å². The van der Waals surface area contributed by atoms with E-state index in [1.54, 1.807) is 24.4 Å². The summed E-state index contributed by atoms with van der Waals surface area (Å²) in [5, 5.41) is 10.8. The zero-order valence-corrected chi connectivity index (χ0v) is 14.2. The van der Waals surface area contributed by atoms with E-state index in [0.29, 0.717) is 10.2 Å². The summed E-state index contributed by atoms with van der Waals surface area (Å²) in [4.78, 5) is 3.93. The van der Waals surface area contributed by atoms with Gasteiger partial charge in [0.05, 0.1) is 0 Å². The van der Waals surface area contributed by atoms with E-state index < -0.39 is 17.8 Å². The number of ether oxygens (including phenoxy) is 3. The van der Waals surface area contributed by atoms with Crippen LogP contribution in [0.4, 0.5) is 0 Å². The zero-order valence-electron chi connectivity index (χ0n) is 11.8. The number of halogens is 2. The van der Waals surface area contributed by atoms with E-state index in [1.807, 2.05) is 0 Å². The largest absolute Gasteiger partial charge is 0.480 e. The number of methoxy groups -OCH3 is 1. The van der Waals surface area contributed by atoms with Gasteiger partial charge in [-0.05, 0) is 18.2 Å². The number of rotatable bonds is 6. The molecule has 1 heterocycles. The fourth-order valence-corrected chi connectivity index (χ4v) is 3.11. The van der Waals surface area contributed by atoms with Crippen molar-refractivity contribution in [3.05, 3.63) is 34.0 Å². The van der Waals surface area contributed by atoms with Crippen LogP contribution in [0.5, 0.6) is 5.75 Å². The minimum absolute atomic E-state index is 0.0119. The summed E-state index contributed by atoms with van der Waals surface area (Å²) in [5.41, 5.74) is -1.11. The van der Waals surface area contributed by atoms with Gasteiger partial charge in [0.15, 0.2) is 10.9 Å². The number of aromatic nitrogens is 1. The van der Waals surface area contributed by atoms with Gasteiger partial charge in [0.25, 0.3) is 0 Å². The molecule has 118 valence electrons. The maximum Gasteiger partial charge on any atom is 0.171 e. The van der Waals surface area contributed by atoms with Crippen molar-refractivity contribution < 1.29 is 19.3 Å². The number of hydrogen-bond acceptors (Lipinski definition) is 5. The standard InChI is InChI=1S/C15H15BrClNO4/c1-3-6-15(21-9-20-2)12(16)8-11(13(15)19)22-10-5-4-7-18-14(10)17/h1,4-5,7-8,11,13,19H,6,9H2,2H3/t11-,13+,15-/m1/s1. The summed E-state index contributed by atoms with van der Waals surface area (Å²) in [5.74, 6) is 2.88. The molecule has 7 heteroatoms. The van der Waals surface area contributed by atoms with Gasteiger partial charge in [-0.1, -0.05) is 27.5 Å². The molecule has 0 aromatic carbocycles. The van der Waals surface area contributed by atoms with Crippen LogP contribution < -0.4 is 4.74 Å². The Kier molecular flexibility index (Phi) is 5.84. The van der Waals surface area contributed by atoms with E-state index in [2.05, 4.69) is 26.8 Å². The van der Waals surface area contributed by atoms with Crippen LogP contribution in [0.3, 0.4) is 0 Å². The molecule has 0 radical (unpaired) electrons. The van der Waals surface area contributed by atoms with Gasteiger partial charge in [-0.2, -0.15) is 0 Å². The smallest absolute Gasteiger partial charge is 0.171 e. The molecule has 1 aromatic heterocycles. The van der Waals surface area contributed by atoms with Gasteiger partial charge in [0.2, 0.25) is 0 Å². The first-order valence-corrected chi connectivity index (χ1v) is 7.61. The zero-order chi connectivity index (χ0) is 16.2. The van der Waals surface area contributed by atoms with Crippen LogP contribution in [-0.2, 0) is 9.47 Å². The number of pyridine rings is 1. The fraction of sp³-hybridized carbons (Fsp3) is 0.400. The minimum Gasteiger partial charge on any atom is -0.480 e. The molecule has 0 aliphatic heterocycles. The van der Waals surface area contributed by atoms with Gasteiger partial charge >= 0.3 is 0 Å². The number of hydrogen-bond donors (Lipinski definition) is 1. The van der Waals surface area contributed by atoms with E-state index in [-0.39, 0.29) is 18.4 Å². The van der Waals surface area contributed by atoms with Crippen LogP contribution in [0.2, 0.25) is 5.15 Å². The Morgan fingerprint density at radius 2 is 2.36 bits per heavy atom. The highest BCUT2D eigenvalue weighted by Gasteiger charge is 2.51. The van der Waals surface area contributed by atoms with E-state index >= 15 is 0 Å². The minimum atomic E-state index is -1.11. The lowest BCUT2D eigenvalue weighted by Crippen LogP contribution is -2.48. The van der Waals surface area contributed by atoms with Crippen molar-refractivity contribution in [1.82, 2.24) is 4.98 Å². The summed E-state index contributed by atoms with van der Waals surface area (Å²) in [6.07, 6.45) is 7.12. The molecule has 2 rings (SSSR count). The summed E-state index contributed by atoms with van der Waals surface area (Å²) in [6.45, 7) is -0.0119. The molecule has 1 aliphatic rings. The highest BCUT2D eigenvalue weighted by molar-refractivity contribution is 9.11. The van der Waals surface area contributed by atoms with E-state index in [1.165, 1.54) is 7.11 Å². The highest BCUT2D eigenvalue weighted by atomic mass is 79.9. The fourth-order valence-electron chi connectivity index (χ4n) is 2.20. The first-order chi connectivity index (χ1) is 10.5. The van der Waals surface area contributed by atoms with E-state index in [4.69, 9.17) is 32.2 Å². The molecule has 1 N–H and O–H groups in total. The number of aliphatic hydroxyl groups excluding tert-OH is 1. The van der Waals surface area contributed by atoms with Crippen molar-refractivity contribution in [3.8, 4) is 18.1 Å². The second kappa shape index (κ2) is 7.44. The molecule has 1 aromatic rings. The predicted molar refractivity (Wildman–Crippen MR) is 85.8 cm³/mol. The highest BCUT2D eigenvalue weighted by Crippen LogP contribution is 2.42. The monoisotopic (exact) mass is 387 g/mol. The van der Waals surface area contributed by atoms with Crippen molar-refractivity contribution in [3.63, 3.8) is 0 Å². The molecule has 0 fully saturated rings. The number of aliphatic hydroxyl groups is 1. The number of terminal acetylenes is 1. The molecule has 0 amide bonds. The molecule has 5 nitrogen and oxygen atoms in total. The first-order valence-electron chi connectivity index (χ1n) is 6.44. The molecule has 0 saturated heterocycles. The van der Waals surface area contributed by atoms with E-state index in [9.17, 15) is 5.11 Å². The van der Waals surface area contributed by atoms with Crippen LogP contribution in [-0.4, -0.2) is 41.8 Å². The normalized spacial score (nSPS) is 27.3. The maximum absolute atomic E-state index is 10.6. The third-order valence-corrected chi connectivity index (χ3v) is 4.51. The molecule has 0 spiro atoms. The van der Waals surface area contributed by atoms with Crippen molar-refractivity contribution in [1.29, 1.82) is 0 Å². The SMILES string of the molecule is C#CC[C@@]1(OCOC)C(Br)=C[C@@H](Oc2cccnc2Cl)[C@@H]1O. The Bertz CT molecular complexity index is 603. The van der Waals surface area contributed by atoms with Crippen molar-refractivity contribution in [2.24, 2.45) is 0 Å². The Morgan fingerprint density at radius 3 is 3.00 bits per heavy atom. The van der Waals surface area contributed by atoms with Crippen LogP contribution in [0.25, 0.3) is 0 Å². The summed E-state index contributed by atoms with van der Waals surface area (Å²) < 4.78 is 16.9. The molecule has 0 saturated carbocycles. The second-order valence-corrected chi connectivity index (χ2v) is 5.87. The van der Waals surface area contributed by atoms with Gasteiger partial charge in [0, 0.05) is 24.2 Å². The second-order valence-electron chi connectivity index (χ2n) is 4.66. The van der Waals surface area contributed by atoms with Gasteiger partial charge in [-0.25, -0.2) is 4.98 Å². The summed E-state index contributed by atoms with van der Waals surface area (Å²) in [7, 11) is 1.49. The van der Waals surface area contributed by atoms with Gasteiger partial charge < -0.3 is 19.3 Å². The maximum atomic E-state index is 10.6. The van der Waals surface area contributed by atoms with Gasteiger partial charge in [-0.3, -0.25) is 0 Å². The van der Waals surface area contributed by atoms with Gasteiger partial charge in [-0.15, -0.1) is 12.3 Å². The molecule has 22 heavy (non-hydrogen) atoms. The van der Waals surface area contributed by atoms with E-state index in [0.717, 1.165) is 0 Å². The van der Waals surface area contributed by atoms with Crippen molar-refractivity contribution in [2.45, 2.75) is 24.2 Å². The van der Waals surface area contributed by atoms with Crippen molar-refractivity contribution in [2.75, 3.05) is 13.9 Å². The van der Waals surface area contributed by atoms with Crippen LogP contribution in [0.15, 0.2) is 28.9 Å². The molecular weight excluding hydrogens is 374 g/mol. The van der Waals surface area contributed by atoms with Gasteiger partial charge in [0.1, 0.15) is 24.6 Å². The lowest BCUT2D eigenvalue weighted by atomic mass is 9.95. The van der Waals surface area contributed by atoms with Crippen LogP contribution in [0, 0.1) is 12.3 Å². The Labute approximate surface area is 142 Å². The molecule has 0 bridgehead atoms. The third-order valence-electron chi connectivity index (χ3n) is 3.29.